The van der Waals surface area contributed by atoms with E-state index in [1.165, 1.54) is 0 Å². The third-order valence-corrected chi connectivity index (χ3v) is 6.15. The number of rotatable bonds is 7. The van der Waals surface area contributed by atoms with E-state index in [-0.39, 0.29) is 5.91 Å². The van der Waals surface area contributed by atoms with Crippen molar-refractivity contribution in [2.75, 3.05) is 13.1 Å². The maximum atomic E-state index is 12.7. The van der Waals surface area contributed by atoms with Crippen LogP contribution < -0.4 is 15.4 Å². The Kier molecular flexibility index (Phi) is 5.79. The van der Waals surface area contributed by atoms with Crippen molar-refractivity contribution < 1.29 is 9.53 Å². The van der Waals surface area contributed by atoms with Crippen molar-refractivity contribution in [2.24, 2.45) is 7.05 Å². The highest BCUT2D eigenvalue weighted by Crippen LogP contribution is 2.29. The average molecular weight is 442 g/mol. The zero-order chi connectivity index (χ0) is 22.8. The van der Waals surface area contributed by atoms with Crippen molar-refractivity contribution in [1.82, 2.24) is 25.4 Å². The van der Waals surface area contributed by atoms with E-state index < -0.39 is 0 Å². The molecule has 0 aliphatic carbocycles. The fraction of sp³-hybridized carbons (Fsp3) is 0.269. The monoisotopic (exact) mass is 441 g/mol. The minimum absolute atomic E-state index is 0.0253. The number of nitrogens with one attached hydrogen (secondary N) is 2. The summed E-state index contributed by atoms with van der Waals surface area (Å²) in [6.07, 6.45) is 5.45. The van der Waals surface area contributed by atoms with Gasteiger partial charge in [-0.1, -0.05) is 13.0 Å². The molecule has 0 bridgehead atoms. The minimum atomic E-state index is -0.0253. The predicted molar refractivity (Wildman–Crippen MR) is 129 cm³/mol. The lowest BCUT2D eigenvalue weighted by atomic mass is 9.99. The lowest BCUT2D eigenvalue weighted by Crippen LogP contribution is -2.50. The zero-order valence-corrected chi connectivity index (χ0v) is 18.8. The van der Waals surface area contributed by atoms with E-state index in [0.29, 0.717) is 18.3 Å². The Morgan fingerprint density at radius 3 is 2.82 bits per heavy atom. The van der Waals surface area contributed by atoms with E-state index in [1.54, 1.807) is 6.20 Å². The summed E-state index contributed by atoms with van der Waals surface area (Å²) in [7, 11) is 1.91. The largest absolute Gasteiger partial charge is 0.457 e. The molecule has 168 valence electrons. The standard InChI is InChI=1S/C26H27N5O2/c1-3-17-12-18(5-7-23(17)26(32)29-16-20-8-10-27-20)24-13-22(9-11-28-24)33-21-6-4-19-15-30-31(2)25(19)14-21/h4-7,9,11-15,20,27H,3,8,10,16H2,1-2H3,(H,29,32). The van der Waals surface area contributed by atoms with Crippen LogP contribution in [0.25, 0.3) is 22.2 Å². The van der Waals surface area contributed by atoms with E-state index in [0.717, 1.165) is 58.4 Å². The number of ether oxygens (including phenoxy) is 1. The molecular weight excluding hydrogens is 414 g/mol. The molecule has 3 heterocycles. The number of amides is 1. The summed E-state index contributed by atoms with van der Waals surface area (Å²) in [6.45, 7) is 3.75. The van der Waals surface area contributed by atoms with E-state index in [1.807, 2.05) is 66.5 Å². The molecule has 1 aliphatic rings. The third-order valence-electron chi connectivity index (χ3n) is 6.15. The summed E-state index contributed by atoms with van der Waals surface area (Å²) in [5.74, 6) is 1.42. The van der Waals surface area contributed by atoms with Gasteiger partial charge >= 0.3 is 0 Å². The molecule has 0 radical (unpaired) electrons. The fourth-order valence-electron chi connectivity index (χ4n) is 4.06. The highest BCUT2D eigenvalue weighted by atomic mass is 16.5. The van der Waals surface area contributed by atoms with Gasteiger partial charge in [-0.15, -0.1) is 0 Å². The molecule has 1 saturated heterocycles. The normalized spacial score (nSPS) is 15.3. The van der Waals surface area contributed by atoms with Crippen molar-refractivity contribution >= 4 is 16.8 Å². The number of hydrogen-bond acceptors (Lipinski definition) is 5. The summed E-state index contributed by atoms with van der Waals surface area (Å²) in [5.41, 5.74) is 4.49. The van der Waals surface area contributed by atoms with Crippen LogP contribution in [0, 0.1) is 0 Å². The van der Waals surface area contributed by atoms with Crippen LogP contribution in [0.2, 0.25) is 0 Å². The Morgan fingerprint density at radius 1 is 1.18 bits per heavy atom. The number of carbonyl (C=O) groups is 1. The maximum absolute atomic E-state index is 12.7. The Balaban J connectivity index is 1.35. The van der Waals surface area contributed by atoms with Crippen molar-refractivity contribution in [3.8, 4) is 22.8 Å². The average Bonchev–Trinajstić information content (AvgIpc) is 3.18. The van der Waals surface area contributed by atoms with Crippen molar-refractivity contribution in [2.45, 2.75) is 25.8 Å². The molecule has 7 heteroatoms. The molecule has 33 heavy (non-hydrogen) atoms. The first kappa shape index (κ1) is 21.2. The molecule has 1 fully saturated rings. The number of fused-ring (bicyclic) bond motifs is 1. The maximum Gasteiger partial charge on any atom is 0.251 e. The smallest absolute Gasteiger partial charge is 0.251 e. The van der Waals surface area contributed by atoms with Gasteiger partial charge in [-0.2, -0.15) is 5.10 Å². The van der Waals surface area contributed by atoms with Crippen LogP contribution in [0.4, 0.5) is 0 Å². The number of aromatic nitrogens is 3. The van der Waals surface area contributed by atoms with Gasteiger partial charge in [0.1, 0.15) is 11.5 Å². The van der Waals surface area contributed by atoms with E-state index in [2.05, 4.69) is 27.6 Å². The van der Waals surface area contributed by atoms with Gasteiger partial charge in [0.25, 0.3) is 5.91 Å². The molecule has 5 rings (SSSR count). The Morgan fingerprint density at radius 2 is 2.03 bits per heavy atom. The SMILES string of the molecule is CCc1cc(-c2cc(Oc3ccc4cnn(C)c4c3)ccn2)ccc1C(=O)NCC1CCN1. The number of benzene rings is 2. The van der Waals surface area contributed by atoms with Crippen LogP contribution in [0.15, 0.2) is 60.9 Å². The fourth-order valence-corrected chi connectivity index (χ4v) is 4.06. The summed E-state index contributed by atoms with van der Waals surface area (Å²) in [6, 6.07) is 16.0. The number of hydrogen-bond donors (Lipinski definition) is 2. The second-order valence-corrected chi connectivity index (χ2v) is 8.34. The number of nitrogens with zero attached hydrogens (tertiary/aromatic N) is 3. The Bertz CT molecular complexity index is 1310. The van der Waals surface area contributed by atoms with E-state index in [9.17, 15) is 4.79 Å². The van der Waals surface area contributed by atoms with E-state index in [4.69, 9.17) is 4.74 Å². The van der Waals surface area contributed by atoms with Gasteiger partial charge in [-0.25, -0.2) is 0 Å². The lowest BCUT2D eigenvalue weighted by molar-refractivity contribution is 0.0944. The highest BCUT2D eigenvalue weighted by Gasteiger charge is 2.18. The van der Waals surface area contributed by atoms with Gasteiger partial charge in [-0.3, -0.25) is 14.5 Å². The predicted octanol–water partition coefficient (Wildman–Crippen LogP) is 4.08. The molecule has 0 spiro atoms. The first-order valence-electron chi connectivity index (χ1n) is 11.3. The Hall–Kier alpha value is -3.71. The molecule has 2 aromatic carbocycles. The van der Waals surface area contributed by atoms with Gasteiger partial charge in [0.2, 0.25) is 0 Å². The lowest BCUT2D eigenvalue weighted by Gasteiger charge is -2.27. The topological polar surface area (TPSA) is 81.1 Å². The second-order valence-electron chi connectivity index (χ2n) is 8.34. The van der Waals surface area contributed by atoms with Gasteiger partial charge in [0, 0.05) is 54.5 Å². The van der Waals surface area contributed by atoms with Crippen LogP contribution in [-0.4, -0.2) is 39.8 Å². The van der Waals surface area contributed by atoms with Gasteiger partial charge in [0.15, 0.2) is 0 Å². The minimum Gasteiger partial charge on any atom is -0.457 e. The summed E-state index contributed by atoms with van der Waals surface area (Å²) in [4.78, 5) is 17.2. The quantitative estimate of drug-likeness (QED) is 0.452. The molecule has 4 aromatic rings. The Labute approximate surface area is 192 Å². The number of aryl methyl sites for hydroxylation is 2. The first-order valence-corrected chi connectivity index (χ1v) is 11.3. The van der Waals surface area contributed by atoms with Crippen LogP contribution in [0.5, 0.6) is 11.5 Å². The van der Waals surface area contributed by atoms with Crippen molar-refractivity contribution in [3.63, 3.8) is 0 Å². The molecule has 1 aliphatic heterocycles. The number of carbonyl (C=O) groups excluding carboxylic acids is 1. The molecular formula is C26H27N5O2. The highest BCUT2D eigenvalue weighted by molar-refractivity contribution is 5.96. The summed E-state index contributed by atoms with van der Waals surface area (Å²) < 4.78 is 7.94. The summed E-state index contributed by atoms with van der Waals surface area (Å²) in [5, 5.41) is 11.7. The molecule has 0 saturated carbocycles. The molecule has 2 N–H and O–H groups in total. The molecule has 2 aromatic heterocycles. The zero-order valence-electron chi connectivity index (χ0n) is 18.8. The summed E-state index contributed by atoms with van der Waals surface area (Å²) >= 11 is 0. The van der Waals surface area contributed by atoms with Gasteiger partial charge < -0.3 is 15.4 Å². The van der Waals surface area contributed by atoms with Crippen LogP contribution >= 0.6 is 0 Å². The second kappa shape index (κ2) is 9.03. The molecule has 7 nitrogen and oxygen atoms in total. The molecule has 1 amide bonds. The first-order chi connectivity index (χ1) is 16.1. The van der Waals surface area contributed by atoms with Crippen LogP contribution in [0.3, 0.4) is 0 Å². The van der Waals surface area contributed by atoms with Gasteiger partial charge in [0.05, 0.1) is 17.4 Å². The third kappa shape index (κ3) is 4.45. The van der Waals surface area contributed by atoms with Crippen LogP contribution in [0.1, 0.15) is 29.3 Å². The van der Waals surface area contributed by atoms with E-state index >= 15 is 0 Å². The van der Waals surface area contributed by atoms with Crippen molar-refractivity contribution in [3.05, 3.63) is 72.1 Å². The molecule has 1 unspecified atom stereocenters. The van der Waals surface area contributed by atoms with Crippen LogP contribution in [-0.2, 0) is 13.5 Å². The van der Waals surface area contributed by atoms with Gasteiger partial charge in [-0.05, 0) is 55.3 Å². The van der Waals surface area contributed by atoms with Crippen molar-refractivity contribution in [1.29, 1.82) is 0 Å². The number of pyridine rings is 1. The molecule has 1 atom stereocenters.